The molecule has 1 unspecified atom stereocenters. The lowest BCUT2D eigenvalue weighted by atomic mass is 10.3. The predicted octanol–water partition coefficient (Wildman–Crippen LogP) is 1.20. The van der Waals surface area contributed by atoms with E-state index in [0.29, 0.717) is 6.54 Å². The summed E-state index contributed by atoms with van der Waals surface area (Å²) in [6, 6.07) is 0. The highest BCUT2D eigenvalue weighted by Gasteiger charge is 2.39. The van der Waals surface area contributed by atoms with Crippen molar-refractivity contribution >= 4 is 16.1 Å². The molecule has 0 aliphatic heterocycles. The summed E-state index contributed by atoms with van der Waals surface area (Å²) in [5.41, 5.74) is 0.188. The van der Waals surface area contributed by atoms with Crippen LogP contribution in [0.25, 0.3) is 0 Å². The minimum Gasteiger partial charge on any atom is -0.455 e. The summed E-state index contributed by atoms with van der Waals surface area (Å²) in [4.78, 5) is 11.3. The molecule has 0 aromatic heterocycles. The zero-order chi connectivity index (χ0) is 15.3. The van der Waals surface area contributed by atoms with Crippen LogP contribution in [0.5, 0.6) is 0 Å². The molecule has 19 heavy (non-hydrogen) atoms. The van der Waals surface area contributed by atoms with Gasteiger partial charge in [-0.15, -0.1) is 0 Å². The maximum absolute atomic E-state index is 11.4. The lowest BCUT2D eigenvalue weighted by molar-refractivity contribution is -0.902. The van der Waals surface area contributed by atoms with Gasteiger partial charge in [-0.05, 0) is 13.3 Å². The Morgan fingerprint density at radius 1 is 1.42 bits per heavy atom. The highest BCUT2D eigenvalue weighted by molar-refractivity contribution is 7.86. The van der Waals surface area contributed by atoms with Gasteiger partial charge in [0.15, 0.2) is 6.61 Å². The largest absolute Gasteiger partial charge is 0.455 e. The third-order valence-corrected chi connectivity index (χ3v) is 4.31. The van der Waals surface area contributed by atoms with Crippen molar-refractivity contribution in [3.8, 4) is 0 Å². The third-order valence-electron chi connectivity index (χ3n) is 2.92. The van der Waals surface area contributed by atoms with Crippen LogP contribution in [0.4, 0.5) is 0 Å². The van der Waals surface area contributed by atoms with Gasteiger partial charge in [0.05, 0.1) is 20.6 Å². The monoisotopic (exact) mass is 294 g/mol. The summed E-state index contributed by atoms with van der Waals surface area (Å²) in [5.74, 6) is -0.663. The van der Waals surface area contributed by atoms with Gasteiger partial charge in [0.1, 0.15) is 0 Å². The summed E-state index contributed by atoms with van der Waals surface area (Å²) >= 11 is 0. The number of nitrogens with zero attached hydrogens (tertiary/aromatic N) is 1. The maximum Gasteiger partial charge on any atom is 0.333 e. The van der Waals surface area contributed by atoms with Crippen LogP contribution in [0.3, 0.4) is 0 Å². The minimum atomic E-state index is -4.31. The topological polar surface area (TPSA) is 80.7 Å². The molecule has 1 atom stereocenters. The van der Waals surface area contributed by atoms with Gasteiger partial charge in [-0.3, -0.25) is 4.55 Å². The Morgan fingerprint density at radius 3 is 2.32 bits per heavy atom. The number of rotatable bonds is 8. The number of ether oxygens (including phenoxy) is 1. The van der Waals surface area contributed by atoms with E-state index >= 15 is 0 Å². The summed E-state index contributed by atoms with van der Waals surface area (Å²) < 4.78 is 37.1. The molecule has 0 radical (unpaired) electrons. The normalized spacial score (nSPS) is 13.9. The van der Waals surface area contributed by atoms with E-state index < -0.39 is 21.5 Å². The Morgan fingerprint density at radius 2 is 1.95 bits per heavy atom. The Kier molecular flexibility index (Phi) is 6.68. The number of esters is 1. The zero-order valence-corrected chi connectivity index (χ0v) is 12.9. The molecule has 7 heteroatoms. The Labute approximate surface area is 115 Å². The van der Waals surface area contributed by atoms with Gasteiger partial charge in [-0.1, -0.05) is 19.9 Å². The van der Waals surface area contributed by atoms with E-state index in [-0.39, 0.29) is 16.7 Å². The maximum atomic E-state index is 11.4. The van der Waals surface area contributed by atoms with Gasteiger partial charge < -0.3 is 9.22 Å². The molecule has 0 saturated carbocycles. The van der Waals surface area contributed by atoms with E-state index in [1.54, 1.807) is 14.1 Å². The van der Waals surface area contributed by atoms with E-state index in [9.17, 15) is 17.8 Å². The second-order valence-electron chi connectivity index (χ2n) is 5.20. The van der Waals surface area contributed by atoms with Gasteiger partial charge in [-0.25, -0.2) is 4.79 Å². The molecular formula is C12H24NO5S+. The molecule has 0 fully saturated rings. The van der Waals surface area contributed by atoms with E-state index in [1.807, 2.05) is 6.92 Å². The van der Waals surface area contributed by atoms with E-state index in [4.69, 9.17) is 4.74 Å². The molecule has 0 aromatic carbocycles. The summed E-state index contributed by atoms with van der Waals surface area (Å²) in [6.07, 6.45) is 1.72. The second-order valence-corrected chi connectivity index (χ2v) is 6.78. The first-order valence-electron chi connectivity index (χ1n) is 6.14. The van der Waals surface area contributed by atoms with Crippen molar-refractivity contribution in [3.63, 3.8) is 0 Å². The van der Waals surface area contributed by atoms with Crippen molar-refractivity contribution in [1.29, 1.82) is 0 Å². The molecule has 0 spiro atoms. The Bertz CT molecular complexity index is 427. The Hall–Kier alpha value is -0.920. The second kappa shape index (κ2) is 7.02. The first-order chi connectivity index (χ1) is 8.52. The van der Waals surface area contributed by atoms with Crippen molar-refractivity contribution in [2.75, 3.05) is 27.2 Å². The van der Waals surface area contributed by atoms with Crippen molar-refractivity contribution < 1.29 is 27.0 Å². The summed E-state index contributed by atoms with van der Waals surface area (Å²) in [5, 5.41) is -1.19. The van der Waals surface area contributed by atoms with Crippen LogP contribution in [-0.2, 0) is 19.6 Å². The molecule has 0 heterocycles. The molecule has 0 saturated heterocycles. The standard InChI is InChI=1S/C12H23NO5S/c1-6-7-8-13(4,5)11(19(15,16)17)9-18-12(14)10(2)3/h11H,2,6-9H2,1,3-5H3/p+1. The summed E-state index contributed by atoms with van der Waals surface area (Å²) in [6.45, 7) is 7.05. The number of unbranched alkanes of at least 4 members (excludes halogenated alkanes) is 1. The van der Waals surface area contributed by atoms with E-state index in [2.05, 4.69) is 6.58 Å². The average molecular weight is 294 g/mol. The van der Waals surface area contributed by atoms with E-state index in [1.165, 1.54) is 6.92 Å². The molecule has 0 amide bonds. The predicted molar refractivity (Wildman–Crippen MR) is 73.0 cm³/mol. The van der Waals surface area contributed by atoms with Gasteiger partial charge >= 0.3 is 16.1 Å². The van der Waals surface area contributed by atoms with Gasteiger partial charge in [0, 0.05) is 5.57 Å². The minimum absolute atomic E-state index is 0.0378. The first kappa shape index (κ1) is 18.1. The first-order valence-corrected chi connectivity index (χ1v) is 7.64. The van der Waals surface area contributed by atoms with Crippen molar-refractivity contribution in [2.45, 2.75) is 32.1 Å². The number of quaternary nitrogens is 1. The molecule has 1 N–H and O–H groups in total. The lowest BCUT2D eigenvalue weighted by Gasteiger charge is -2.35. The molecule has 0 aromatic rings. The smallest absolute Gasteiger partial charge is 0.333 e. The van der Waals surface area contributed by atoms with Gasteiger partial charge in [0.2, 0.25) is 5.37 Å². The number of hydrogen-bond acceptors (Lipinski definition) is 4. The molecular weight excluding hydrogens is 270 g/mol. The van der Waals surface area contributed by atoms with Crippen molar-refractivity contribution in [3.05, 3.63) is 12.2 Å². The molecule has 0 rings (SSSR count). The van der Waals surface area contributed by atoms with Crippen LogP contribution in [0, 0.1) is 0 Å². The molecule has 0 bridgehead atoms. The molecule has 0 aliphatic carbocycles. The zero-order valence-electron chi connectivity index (χ0n) is 12.0. The Balaban J connectivity index is 4.93. The molecule has 6 nitrogen and oxygen atoms in total. The average Bonchev–Trinajstić information content (AvgIpc) is 2.24. The number of likely N-dealkylation sites (N-methyl/N-ethyl adjacent to an activating group) is 1. The number of carbonyl (C=O) groups excluding carboxylic acids is 1. The van der Waals surface area contributed by atoms with Crippen LogP contribution in [0.15, 0.2) is 12.2 Å². The van der Waals surface area contributed by atoms with Crippen LogP contribution in [0.2, 0.25) is 0 Å². The summed E-state index contributed by atoms with van der Waals surface area (Å²) in [7, 11) is -0.943. The van der Waals surface area contributed by atoms with E-state index in [0.717, 1.165) is 12.8 Å². The highest BCUT2D eigenvalue weighted by Crippen LogP contribution is 2.15. The van der Waals surface area contributed by atoms with Gasteiger partial charge in [-0.2, -0.15) is 8.42 Å². The fraction of sp³-hybridized carbons (Fsp3) is 0.750. The SMILES string of the molecule is C=C(C)C(=O)OCC([N+](C)(C)CCCC)S(=O)(=O)O. The fourth-order valence-corrected chi connectivity index (χ4v) is 2.69. The highest BCUT2D eigenvalue weighted by atomic mass is 32.2. The van der Waals surface area contributed by atoms with Crippen LogP contribution >= 0.6 is 0 Å². The number of carbonyl (C=O) groups is 1. The fourth-order valence-electron chi connectivity index (χ4n) is 1.63. The van der Waals surface area contributed by atoms with Gasteiger partial charge in [0.25, 0.3) is 0 Å². The van der Waals surface area contributed by atoms with Crippen molar-refractivity contribution in [1.82, 2.24) is 0 Å². The quantitative estimate of drug-likeness (QED) is 0.315. The van der Waals surface area contributed by atoms with Crippen molar-refractivity contribution in [2.24, 2.45) is 0 Å². The third kappa shape index (κ3) is 6.17. The molecule has 0 aliphatic rings. The molecule has 112 valence electrons. The lowest BCUT2D eigenvalue weighted by Crippen LogP contribution is -2.55. The number of hydrogen-bond donors (Lipinski definition) is 1. The van der Waals surface area contributed by atoms with Crippen LogP contribution < -0.4 is 0 Å². The van der Waals surface area contributed by atoms with Crippen LogP contribution in [-0.4, -0.2) is 56.0 Å². The van der Waals surface area contributed by atoms with Crippen LogP contribution in [0.1, 0.15) is 26.7 Å².